The van der Waals surface area contributed by atoms with Crippen molar-refractivity contribution < 1.29 is 13.9 Å². The first-order valence-corrected chi connectivity index (χ1v) is 6.26. The van der Waals surface area contributed by atoms with Gasteiger partial charge in [-0.25, -0.2) is 8.78 Å². The summed E-state index contributed by atoms with van der Waals surface area (Å²) in [6.07, 6.45) is 0.301. The third-order valence-corrected chi connectivity index (χ3v) is 2.85. The summed E-state index contributed by atoms with van der Waals surface area (Å²) >= 11 is 0. The highest BCUT2D eigenvalue weighted by Crippen LogP contribution is 2.16. The summed E-state index contributed by atoms with van der Waals surface area (Å²) in [4.78, 5) is 0. The Labute approximate surface area is 107 Å². The average molecular weight is 257 g/mol. The number of aliphatic hydroxyl groups excluding tert-OH is 1. The lowest BCUT2D eigenvalue weighted by Gasteiger charge is -2.18. The predicted molar refractivity (Wildman–Crippen MR) is 68.2 cm³/mol. The van der Waals surface area contributed by atoms with E-state index < -0.39 is 17.7 Å². The second-order valence-electron chi connectivity index (χ2n) is 5.09. The topological polar surface area (TPSA) is 32.3 Å². The van der Waals surface area contributed by atoms with Gasteiger partial charge in [0.05, 0.1) is 6.10 Å². The van der Waals surface area contributed by atoms with Crippen molar-refractivity contribution in [3.05, 3.63) is 35.4 Å². The molecule has 2 N–H and O–H groups in total. The molecule has 1 rings (SSSR count). The molecule has 0 saturated heterocycles. The molecule has 1 aromatic rings. The van der Waals surface area contributed by atoms with Crippen molar-refractivity contribution >= 4 is 0 Å². The molecular weight excluding hydrogens is 236 g/mol. The maximum Gasteiger partial charge on any atom is 0.159 e. The molecule has 102 valence electrons. The van der Waals surface area contributed by atoms with Gasteiger partial charge in [0.2, 0.25) is 0 Å². The Morgan fingerprint density at radius 1 is 1.17 bits per heavy atom. The molecule has 2 atom stereocenters. The van der Waals surface area contributed by atoms with E-state index in [1.165, 1.54) is 6.07 Å². The predicted octanol–water partition coefficient (Wildman–Crippen LogP) is 3.02. The molecule has 0 radical (unpaired) electrons. The van der Waals surface area contributed by atoms with Gasteiger partial charge in [-0.2, -0.15) is 0 Å². The van der Waals surface area contributed by atoms with Gasteiger partial charge in [0.1, 0.15) is 0 Å². The summed E-state index contributed by atoms with van der Waals surface area (Å²) in [5, 5.41) is 12.8. The zero-order valence-electron chi connectivity index (χ0n) is 11.1. The fourth-order valence-electron chi connectivity index (χ4n) is 1.84. The highest BCUT2D eigenvalue weighted by Gasteiger charge is 2.12. The number of hydrogen-bond donors (Lipinski definition) is 2. The van der Waals surface area contributed by atoms with Gasteiger partial charge < -0.3 is 10.4 Å². The zero-order chi connectivity index (χ0) is 13.7. The normalized spacial score (nSPS) is 14.8. The smallest absolute Gasteiger partial charge is 0.159 e. The standard InChI is InChI=1S/C14H21F2NO/c1-9(2)6-12(18)8-17-10(3)11-4-5-13(15)14(16)7-11/h4-5,7,9-10,12,17-18H,6,8H2,1-3H3. The van der Waals surface area contributed by atoms with Crippen LogP contribution in [0.5, 0.6) is 0 Å². The SMILES string of the molecule is CC(C)CC(O)CNC(C)c1ccc(F)c(F)c1. The van der Waals surface area contributed by atoms with Crippen LogP contribution in [0.1, 0.15) is 38.8 Å². The molecule has 2 nitrogen and oxygen atoms in total. The second-order valence-corrected chi connectivity index (χ2v) is 5.09. The van der Waals surface area contributed by atoms with Gasteiger partial charge >= 0.3 is 0 Å². The molecule has 0 saturated carbocycles. The third-order valence-electron chi connectivity index (χ3n) is 2.85. The fourth-order valence-corrected chi connectivity index (χ4v) is 1.84. The maximum absolute atomic E-state index is 13.1. The molecule has 0 aliphatic rings. The monoisotopic (exact) mass is 257 g/mol. The van der Waals surface area contributed by atoms with E-state index in [-0.39, 0.29) is 6.04 Å². The molecule has 0 spiro atoms. The number of aliphatic hydroxyl groups is 1. The minimum atomic E-state index is -0.844. The van der Waals surface area contributed by atoms with Crippen molar-refractivity contribution in [2.45, 2.75) is 39.3 Å². The number of nitrogens with one attached hydrogen (secondary N) is 1. The minimum absolute atomic E-state index is 0.123. The van der Waals surface area contributed by atoms with Crippen LogP contribution in [0.2, 0.25) is 0 Å². The highest BCUT2D eigenvalue weighted by atomic mass is 19.2. The summed E-state index contributed by atoms with van der Waals surface area (Å²) < 4.78 is 25.8. The Kier molecular flexibility index (Phi) is 5.69. The Morgan fingerprint density at radius 2 is 1.83 bits per heavy atom. The largest absolute Gasteiger partial charge is 0.392 e. The van der Waals surface area contributed by atoms with E-state index in [4.69, 9.17) is 0 Å². The van der Waals surface area contributed by atoms with Crippen LogP contribution in [0.4, 0.5) is 8.78 Å². The average Bonchev–Trinajstić information content (AvgIpc) is 2.28. The molecule has 0 aliphatic carbocycles. The molecule has 1 aromatic carbocycles. The Balaban J connectivity index is 2.49. The van der Waals surface area contributed by atoms with E-state index in [0.29, 0.717) is 18.0 Å². The van der Waals surface area contributed by atoms with Crippen molar-refractivity contribution in [3.8, 4) is 0 Å². The van der Waals surface area contributed by atoms with Crippen LogP contribution in [0.25, 0.3) is 0 Å². The molecule has 0 aromatic heterocycles. The van der Waals surface area contributed by atoms with E-state index in [1.54, 1.807) is 6.07 Å². The Hall–Kier alpha value is -1.00. The fraction of sp³-hybridized carbons (Fsp3) is 0.571. The van der Waals surface area contributed by atoms with E-state index in [2.05, 4.69) is 5.32 Å². The van der Waals surface area contributed by atoms with Crippen LogP contribution in [0.3, 0.4) is 0 Å². The van der Waals surface area contributed by atoms with Gasteiger partial charge in [0.15, 0.2) is 11.6 Å². The summed E-state index contributed by atoms with van der Waals surface area (Å²) in [5.74, 6) is -1.25. The summed E-state index contributed by atoms with van der Waals surface area (Å²) in [5.41, 5.74) is 0.672. The van der Waals surface area contributed by atoms with Gasteiger partial charge in [0.25, 0.3) is 0 Å². The number of halogens is 2. The van der Waals surface area contributed by atoms with Crippen molar-refractivity contribution in [3.63, 3.8) is 0 Å². The van der Waals surface area contributed by atoms with Crippen molar-refractivity contribution in [1.29, 1.82) is 0 Å². The molecule has 18 heavy (non-hydrogen) atoms. The van der Waals surface area contributed by atoms with Crippen LogP contribution in [0, 0.1) is 17.6 Å². The molecule has 0 fully saturated rings. The summed E-state index contributed by atoms with van der Waals surface area (Å²) in [6.45, 7) is 6.39. The van der Waals surface area contributed by atoms with E-state index in [1.807, 2.05) is 20.8 Å². The lowest BCUT2D eigenvalue weighted by atomic mass is 10.0. The van der Waals surface area contributed by atoms with Gasteiger partial charge in [-0.15, -0.1) is 0 Å². The van der Waals surface area contributed by atoms with E-state index in [0.717, 1.165) is 12.5 Å². The molecule has 0 bridgehead atoms. The Bertz CT molecular complexity index is 382. The minimum Gasteiger partial charge on any atom is -0.392 e. The molecule has 0 aliphatic heterocycles. The lowest BCUT2D eigenvalue weighted by molar-refractivity contribution is 0.143. The van der Waals surface area contributed by atoms with E-state index >= 15 is 0 Å². The summed E-state index contributed by atoms with van der Waals surface area (Å²) in [7, 11) is 0. The van der Waals surface area contributed by atoms with Crippen molar-refractivity contribution in [2.24, 2.45) is 5.92 Å². The first-order chi connectivity index (χ1) is 8.40. The Morgan fingerprint density at radius 3 is 2.39 bits per heavy atom. The number of rotatable bonds is 6. The van der Waals surface area contributed by atoms with Crippen LogP contribution < -0.4 is 5.32 Å². The quantitative estimate of drug-likeness (QED) is 0.821. The molecule has 0 amide bonds. The van der Waals surface area contributed by atoms with Crippen LogP contribution in [-0.4, -0.2) is 17.8 Å². The van der Waals surface area contributed by atoms with E-state index in [9.17, 15) is 13.9 Å². The first-order valence-electron chi connectivity index (χ1n) is 6.26. The molecule has 0 heterocycles. The van der Waals surface area contributed by atoms with Gasteiger partial charge in [-0.05, 0) is 37.0 Å². The van der Waals surface area contributed by atoms with Crippen LogP contribution in [0.15, 0.2) is 18.2 Å². The molecule has 2 unspecified atom stereocenters. The lowest BCUT2D eigenvalue weighted by Crippen LogP contribution is -2.30. The first kappa shape index (κ1) is 15.1. The third kappa shape index (κ3) is 4.70. The number of benzene rings is 1. The molecule has 4 heteroatoms. The highest BCUT2D eigenvalue weighted by molar-refractivity contribution is 5.20. The number of hydrogen-bond acceptors (Lipinski definition) is 2. The van der Waals surface area contributed by atoms with Crippen molar-refractivity contribution in [2.75, 3.05) is 6.54 Å². The van der Waals surface area contributed by atoms with Gasteiger partial charge in [-0.1, -0.05) is 19.9 Å². The second kappa shape index (κ2) is 6.81. The van der Waals surface area contributed by atoms with Gasteiger partial charge in [-0.3, -0.25) is 0 Å². The molecular formula is C14H21F2NO. The van der Waals surface area contributed by atoms with Crippen molar-refractivity contribution in [1.82, 2.24) is 5.32 Å². The van der Waals surface area contributed by atoms with Crippen LogP contribution in [-0.2, 0) is 0 Å². The van der Waals surface area contributed by atoms with Crippen LogP contribution >= 0.6 is 0 Å². The summed E-state index contributed by atoms with van der Waals surface area (Å²) in [6, 6.07) is 3.72. The maximum atomic E-state index is 13.1. The van der Waals surface area contributed by atoms with Gasteiger partial charge in [0, 0.05) is 12.6 Å². The zero-order valence-corrected chi connectivity index (χ0v) is 11.1.